The minimum Gasteiger partial charge on any atom is -0.388 e. The second-order valence-corrected chi connectivity index (χ2v) is 5.92. The fraction of sp³-hybridized carbons (Fsp3) is 0.786. The number of hydrogen-bond donors (Lipinski definition) is 2. The smallest absolute Gasteiger partial charge is 0.0817 e. The average Bonchev–Trinajstić information content (AvgIpc) is 2.93. The molecule has 5 nitrogen and oxygen atoms in total. The number of aromatic nitrogens is 2. The normalized spacial score (nSPS) is 28.4. The summed E-state index contributed by atoms with van der Waals surface area (Å²) in [6.45, 7) is 4.27. The lowest BCUT2D eigenvalue weighted by atomic mass is 9.90. The Morgan fingerprint density at radius 3 is 3.05 bits per heavy atom. The molecular formula is C14H23N3O2. The number of likely N-dealkylation sites (tertiary alicyclic amines) is 1. The average molecular weight is 265 g/mol. The van der Waals surface area contributed by atoms with Gasteiger partial charge in [0.15, 0.2) is 0 Å². The highest BCUT2D eigenvalue weighted by Gasteiger charge is 2.33. The first kappa shape index (κ1) is 13.1. The van der Waals surface area contributed by atoms with E-state index in [1.54, 1.807) is 0 Å². The minimum absolute atomic E-state index is 0.527. The van der Waals surface area contributed by atoms with Crippen LogP contribution in [-0.2, 0) is 4.74 Å². The first-order valence-corrected chi connectivity index (χ1v) is 7.27. The van der Waals surface area contributed by atoms with Crippen LogP contribution in [0.1, 0.15) is 37.3 Å². The molecule has 0 saturated carbocycles. The highest BCUT2D eigenvalue weighted by molar-refractivity contribution is 5.07. The lowest BCUT2D eigenvalue weighted by molar-refractivity contribution is -0.0824. The van der Waals surface area contributed by atoms with Gasteiger partial charge in [0.05, 0.1) is 5.60 Å². The molecule has 0 radical (unpaired) electrons. The van der Waals surface area contributed by atoms with Crippen molar-refractivity contribution in [3.05, 3.63) is 18.0 Å². The van der Waals surface area contributed by atoms with E-state index in [0.29, 0.717) is 19.1 Å². The Hall–Kier alpha value is -0.910. The minimum atomic E-state index is -0.547. The van der Waals surface area contributed by atoms with Gasteiger partial charge in [0.25, 0.3) is 0 Å². The Balaban J connectivity index is 1.59. The van der Waals surface area contributed by atoms with Crippen molar-refractivity contribution in [2.75, 3.05) is 32.8 Å². The van der Waals surface area contributed by atoms with Gasteiger partial charge in [0.2, 0.25) is 0 Å². The van der Waals surface area contributed by atoms with Crippen LogP contribution < -0.4 is 0 Å². The molecule has 1 atom stereocenters. The van der Waals surface area contributed by atoms with Crippen LogP contribution in [0.3, 0.4) is 0 Å². The molecule has 0 spiro atoms. The lowest BCUT2D eigenvalue weighted by Crippen LogP contribution is -2.49. The zero-order chi connectivity index (χ0) is 13.1. The molecule has 3 rings (SSSR count). The Bertz CT molecular complexity index is 387. The number of piperidine rings is 1. The number of ether oxygens (including phenoxy) is 1. The van der Waals surface area contributed by atoms with Crippen LogP contribution in [-0.4, -0.2) is 58.7 Å². The van der Waals surface area contributed by atoms with E-state index < -0.39 is 5.60 Å². The van der Waals surface area contributed by atoms with Crippen molar-refractivity contribution in [3.63, 3.8) is 0 Å². The third-order valence-corrected chi connectivity index (χ3v) is 4.41. The van der Waals surface area contributed by atoms with Crippen molar-refractivity contribution in [1.82, 2.24) is 15.1 Å². The number of β-amino-alcohol motifs (C(OH)–C–C–N with tert-alkyl or cyclic N) is 1. The van der Waals surface area contributed by atoms with E-state index >= 15 is 0 Å². The van der Waals surface area contributed by atoms with Gasteiger partial charge in [-0.3, -0.25) is 10.00 Å². The van der Waals surface area contributed by atoms with E-state index in [1.807, 2.05) is 6.20 Å². The van der Waals surface area contributed by atoms with Crippen molar-refractivity contribution in [3.8, 4) is 0 Å². The standard InChI is InChI=1S/C14H23N3O2/c18-14(4-8-19-9-5-14)11-17-7-1-2-12(10-17)13-3-6-15-16-13/h3,6,12,18H,1-2,4-5,7-11H2,(H,15,16)/t12-/m1/s1. The van der Waals surface area contributed by atoms with Gasteiger partial charge >= 0.3 is 0 Å². The first-order chi connectivity index (χ1) is 9.25. The third-order valence-electron chi connectivity index (χ3n) is 4.41. The summed E-state index contributed by atoms with van der Waals surface area (Å²) in [5, 5.41) is 17.7. The molecule has 2 N–H and O–H groups in total. The topological polar surface area (TPSA) is 61.4 Å². The van der Waals surface area contributed by atoms with Gasteiger partial charge in [0, 0.05) is 57.0 Å². The van der Waals surface area contributed by atoms with Crippen molar-refractivity contribution in [2.24, 2.45) is 0 Å². The largest absolute Gasteiger partial charge is 0.388 e. The number of nitrogens with one attached hydrogen (secondary N) is 1. The van der Waals surface area contributed by atoms with Crippen LogP contribution in [0.5, 0.6) is 0 Å². The second-order valence-electron chi connectivity index (χ2n) is 5.92. The summed E-state index contributed by atoms with van der Waals surface area (Å²) in [7, 11) is 0. The van der Waals surface area contributed by atoms with E-state index in [2.05, 4.69) is 21.2 Å². The maximum absolute atomic E-state index is 10.6. The predicted molar refractivity (Wildman–Crippen MR) is 72.0 cm³/mol. The summed E-state index contributed by atoms with van der Waals surface area (Å²) in [5.41, 5.74) is 0.678. The van der Waals surface area contributed by atoms with Crippen LogP contribution in [0.15, 0.2) is 12.3 Å². The van der Waals surface area contributed by atoms with Gasteiger partial charge in [-0.2, -0.15) is 5.10 Å². The van der Waals surface area contributed by atoms with Crippen LogP contribution in [0.25, 0.3) is 0 Å². The molecular weight excluding hydrogens is 242 g/mol. The zero-order valence-corrected chi connectivity index (χ0v) is 11.3. The van der Waals surface area contributed by atoms with Gasteiger partial charge < -0.3 is 9.84 Å². The summed E-state index contributed by atoms with van der Waals surface area (Å²) in [4.78, 5) is 2.40. The summed E-state index contributed by atoms with van der Waals surface area (Å²) in [6, 6.07) is 2.07. The molecule has 2 saturated heterocycles. The summed E-state index contributed by atoms with van der Waals surface area (Å²) in [5.74, 6) is 0.527. The van der Waals surface area contributed by atoms with E-state index in [-0.39, 0.29) is 0 Å². The molecule has 5 heteroatoms. The molecule has 2 aliphatic heterocycles. The number of aromatic amines is 1. The van der Waals surface area contributed by atoms with E-state index in [1.165, 1.54) is 18.5 Å². The summed E-state index contributed by atoms with van der Waals surface area (Å²) in [6.07, 6.45) is 5.74. The SMILES string of the molecule is OC1(CN2CCC[C@@H](c3ccn[nH]3)C2)CCOCC1. The van der Waals surface area contributed by atoms with Gasteiger partial charge in [-0.1, -0.05) is 0 Å². The van der Waals surface area contributed by atoms with Crippen LogP contribution in [0.4, 0.5) is 0 Å². The highest BCUT2D eigenvalue weighted by Crippen LogP contribution is 2.28. The highest BCUT2D eigenvalue weighted by atomic mass is 16.5. The molecule has 0 unspecified atom stereocenters. The molecule has 0 aliphatic carbocycles. The number of rotatable bonds is 3. The van der Waals surface area contributed by atoms with E-state index in [0.717, 1.165) is 32.5 Å². The van der Waals surface area contributed by atoms with Crippen LogP contribution in [0, 0.1) is 0 Å². The lowest BCUT2D eigenvalue weighted by Gasteiger charge is -2.40. The Morgan fingerprint density at radius 1 is 1.47 bits per heavy atom. The molecule has 19 heavy (non-hydrogen) atoms. The van der Waals surface area contributed by atoms with Crippen molar-refractivity contribution in [2.45, 2.75) is 37.2 Å². The molecule has 0 aromatic carbocycles. The third kappa shape index (κ3) is 3.16. The molecule has 106 valence electrons. The number of H-pyrrole nitrogens is 1. The second kappa shape index (κ2) is 5.61. The maximum atomic E-state index is 10.6. The first-order valence-electron chi connectivity index (χ1n) is 7.27. The molecule has 0 bridgehead atoms. The zero-order valence-electron chi connectivity index (χ0n) is 11.3. The van der Waals surface area contributed by atoms with Crippen molar-refractivity contribution >= 4 is 0 Å². The summed E-state index contributed by atoms with van der Waals surface area (Å²) < 4.78 is 5.34. The monoisotopic (exact) mass is 265 g/mol. The fourth-order valence-corrected chi connectivity index (χ4v) is 3.27. The number of nitrogens with zero attached hydrogens (tertiary/aromatic N) is 2. The Kier molecular flexibility index (Phi) is 3.86. The molecule has 1 aromatic heterocycles. The van der Waals surface area contributed by atoms with Crippen LogP contribution >= 0.6 is 0 Å². The van der Waals surface area contributed by atoms with Gasteiger partial charge in [-0.25, -0.2) is 0 Å². The molecule has 2 aliphatic rings. The maximum Gasteiger partial charge on any atom is 0.0817 e. The van der Waals surface area contributed by atoms with E-state index in [9.17, 15) is 5.11 Å². The summed E-state index contributed by atoms with van der Waals surface area (Å²) >= 11 is 0. The van der Waals surface area contributed by atoms with Crippen molar-refractivity contribution in [1.29, 1.82) is 0 Å². The molecule has 1 aromatic rings. The van der Waals surface area contributed by atoms with E-state index in [4.69, 9.17) is 4.74 Å². The number of hydrogen-bond acceptors (Lipinski definition) is 4. The van der Waals surface area contributed by atoms with Crippen LogP contribution in [0.2, 0.25) is 0 Å². The number of aliphatic hydroxyl groups is 1. The Morgan fingerprint density at radius 2 is 2.32 bits per heavy atom. The quantitative estimate of drug-likeness (QED) is 0.860. The van der Waals surface area contributed by atoms with Gasteiger partial charge in [-0.15, -0.1) is 0 Å². The Labute approximate surface area is 113 Å². The molecule has 0 amide bonds. The van der Waals surface area contributed by atoms with Gasteiger partial charge in [0.1, 0.15) is 0 Å². The molecule has 2 fully saturated rings. The fourth-order valence-electron chi connectivity index (χ4n) is 3.27. The molecule has 3 heterocycles. The van der Waals surface area contributed by atoms with Crippen molar-refractivity contribution < 1.29 is 9.84 Å². The predicted octanol–water partition coefficient (Wildman–Crippen LogP) is 1.13. The van der Waals surface area contributed by atoms with Gasteiger partial charge in [-0.05, 0) is 25.5 Å².